The van der Waals surface area contributed by atoms with Crippen LogP contribution in [0, 0.1) is 0 Å². The number of ether oxygens (including phenoxy) is 2. The largest absolute Gasteiger partial charge is 0.490 e. The van der Waals surface area contributed by atoms with Crippen LogP contribution in [0.1, 0.15) is 19.8 Å². The highest BCUT2D eigenvalue weighted by atomic mass is 16.5. The van der Waals surface area contributed by atoms with Gasteiger partial charge in [-0.1, -0.05) is 37.3 Å². The molecular formula is C18H23NO2. The van der Waals surface area contributed by atoms with E-state index in [-0.39, 0.29) is 0 Å². The molecule has 0 amide bonds. The number of rotatable bonds is 9. The molecule has 0 aliphatic heterocycles. The van der Waals surface area contributed by atoms with E-state index in [9.17, 15) is 0 Å². The monoisotopic (exact) mass is 285 g/mol. The van der Waals surface area contributed by atoms with Crippen LogP contribution in [-0.2, 0) is 0 Å². The molecule has 0 fully saturated rings. The van der Waals surface area contributed by atoms with E-state index in [4.69, 9.17) is 9.47 Å². The molecule has 0 spiro atoms. The van der Waals surface area contributed by atoms with Gasteiger partial charge in [-0.2, -0.15) is 0 Å². The first kappa shape index (κ1) is 15.2. The molecule has 0 atom stereocenters. The molecule has 0 aromatic heterocycles. The van der Waals surface area contributed by atoms with E-state index in [1.807, 2.05) is 42.5 Å². The molecule has 0 saturated carbocycles. The third-order valence-electron chi connectivity index (χ3n) is 2.99. The maximum atomic E-state index is 5.81. The van der Waals surface area contributed by atoms with E-state index in [1.165, 1.54) is 0 Å². The van der Waals surface area contributed by atoms with Crippen molar-refractivity contribution in [1.82, 2.24) is 0 Å². The highest BCUT2D eigenvalue weighted by Gasteiger charge is 2.03. The Morgan fingerprint density at radius 1 is 0.810 bits per heavy atom. The quantitative estimate of drug-likeness (QED) is 0.694. The molecule has 2 aromatic rings. The fourth-order valence-corrected chi connectivity index (χ4v) is 1.94. The molecule has 1 N–H and O–H groups in total. The summed E-state index contributed by atoms with van der Waals surface area (Å²) in [5.74, 6) is 1.65. The summed E-state index contributed by atoms with van der Waals surface area (Å²) < 4.78 is 11.5. The van der Waals surface area contributed by atoms with Crippen LogP contribution in [0.4, 0.5) is 5.69 Å². The summed E-state index contributed by atoms with van der Waals surface area (Å²) in [6.07, 6.45) is 1.94. The third kappa shape index (κ3) is 5.38. The zero-order chi connectivity index (χ0) is 14.8. The number of hydrogen-bond donors (Lipinski definition) is 1. The summed E-state index contributed by atoms with van der Waals surface area (Å²) in [5.41, 5.74) is 1.14. The van der Waals surface area contributed by atoms with Crippen LogP contribution in [0.25, 0.3) is 0 Å². The minimum atomic E-state index is 0.673. The minimum absolute atomic E-state index is 0.673. The summed E-state index contributed by atoms with van der Waals surface area (Å²) >= 11 is 0. The van der Waals surface area contributed by atoms with Gasteiger partial charge in [0.15, 0.2) is 11.5 Å². The predicted octanol–water partition coefficient (Wildman–Crippen LogP) is 4.36. The van der Waals surface area contributed by atoms with Crippen LogP contribution < -0.4 is 14.8 Å². The van der Waals surface area contributed by atoms with Crippen molar-refractivity contribution >= 4 is 5.69 Å². The van der Waals surface area contributed by atoms with Gasteiger partial charge in [-0.25, -0.2) is 0 Å². The number of para-hydroxylation sites is 3. The van der Waals surface area contributed by atoms with Crippen molar-refractivity contribution in [2.45, 2.75) is 19.8 Å². The Morgan fingerprint density at radius 2 is 1.43 bits per heavy atom. The van der Waals surface area contributed by atoms with E-state index in [0.717, 1.165) is 43.2 Å². The molecule has 112 valence electrons. The topological polar surface area (TPSA) is 30.5 Å². The van der Waals surface area contributed by atoms with Crippen molar-refractivity contribution in [3.8, 4) is 11.5 Å². The second-order valence-corrected chi connectivity index (χ2v) is 4.79. The summed E-state index contributed by atoms with van der Waals surface area (Å²) in [4.78, 5) is 0. The molecule has 0 heterocycles. The van der Waals surface area contributed by atoms with E-state index in [1.54, 1.807) is 0 Å². The highest BCUT2D eigenvalue weighted by Crippen LogP contribution is 2.26. The molecule has 21 heavy (non-hydrogen) atoms. The van der Waals surface area contributed by atoms with Crippen molar-refractivity contribution in [1.29, 1.82) is 0 Å². The van der Waals surface area contributed by atoms with E-state index < -0.39 is 0 Å². The maximum Gasteiger partial charge on any atom is 0.161 e. The van der Waals surface area contributed by atoms with Crippen LogP contribution in [0.15, 0.2) is 54.6 Å². The van der Waals surface area contributed by atoms with Crippen molar-refractivity contribution in [2.24, 2.45) is 0 Å². The van der Waals surface area contributed by atoms with Crippen LogP contribution >= 0.6 is 0 Å². The van der Waals surface area contributed by atoms with Gasteiger partial charge in [0.25, 0.3) is 0 Å². The van der Waals surface area contributed by atoms with Crippen LogP contribution in [0.5, 0.6) is 11.5 Å². The Hall–Kier alpha value is -2.16. The summed E-state index contributed by atoms with van der Waals surface area (Å²) in [6.45, 7) is 4.38. The Bertz CT molecular complexity index is 514. The zero-order valence-corrected chi connectivity index (χ0v) is 12.5. The summed E-state index contributed by atoms with van der Waals surface area (Å²) in [6, 6.07) is 18.0. The Kier molecular flexibility index (Phi) is 6.46. The first-order valence-corrected chi connectivity index (χ1v) is 7.53. The second kappa shape index (κ2) is 8.90. The highest BCUT2D eigenvalue weighted by molar-refractivity contribution is 5.42. The number of anilines is 1. The Balaban J connectivity index is 1.71. The fraction of sp³-hybridized carbons (Fsp3) is 0.333. The molecule has 3 heteroatoms. The standard InChI is InChI=1S/C18H23NO2/c1-2-14-20-17-11-6-7-12-18(17)21-15-8-13-19-16-9-4-3-5-10-16/h3-7,9-12,19H,2,8,13-15H2,1H3. The summed E-state index contributed by atoms with van der Waals surface area (Å²) in [7, 11) is 0. The molecule has 0 unspecified atom stereocenters. The molecule has 3 nitrogen and oxygen atoms in total. The predicted molar refractivity (Wildman–Crippen MR) is 87.3 cm³/mol. The van der Waals surface area contributed by atoms with E-state index >= 15 is 0 Å². The van der Waals surface area contributed by atoms with Gasteiger partial charge in [0.1, 0.15) is 0 Å². The van der Waals surface area contributed by atoms with Gasteiger partial charge in [-0.05, 0) is 37.1 Å². The Morgan fingerprint density at radius 3 is 2.10 bits per heavy atom. The first-order valence-electron chi connectivity index (χ1n) is 7.53. The lowest BCUT2D eigenvalue weighted by molar-refractivity contribution is 0.267. The lowest BCUT2D eigenvalue weighted by Crippen LogP contribution is -2.08. The molecule has 0 aliphatic carbocycles. The number of nitrogens with one attached hydrogen (secondary N) is 1. The van der Waals surface area contributed by atoms with Gasteiger partial charge < -0.3 is 14.8 Å². The van der Waals surface area contributed by atoms with Crippen LogP contribution in [0.3, 0.4) is 0 Å². The molecule has 0 bridgehead atoms. The van der Waals surface area contributed by atoms with Gasteiger partial charge >= 0.3 is 0 Å². The lowest BCUT2D eigenvalue weighted by atomic mass is 10.3. The normalized spacial score (nSPS) is 10.1. The van der Waals surface area contributed by atoms with Crippen molar-refractivity contribution in [2.75, 3.05) is 25.1 Å². The maximum absolute atomic E-state index is 5.81. The summed E-state index contributed by atoms with van der Waals surface area (Å²) in [5, 5.41) is 3.37. The molecule has 0 aliphatic rings. The molecule has 2 rings (SSSR count). The number of benzene rings is 2. The van der Waals surface area contributed by atoms with Gasteiger partial charge in [-0.15, -0.1) is 0 Å². The van der Waals surface area contributed by atoms with E-state index in [0.29, 0.717) is 6.61 Å². The van der Waals surface area contributed by atoms with E-state index in [2.05, 4.69) is 24.4 Å². The molecule has 0 radical (unpaired) electrons. The van der Waals surface area contributed by atoms with Crippen molar-refractivity contribution in [3.63, 3.8) is 0 Å². The smallest absolute Gasteiger partial charge is 0.161 e. The van der Waals surface area contributed by atoms with Gasteiger partial charge in [0.05, 0.1) is 13.2 Å². The average molecular weight is 285 g/mol. The minimum Gasteiger partial charge on any atom is -0.490 e. The number of hydrogen-bond acceptors (Lipinski definition) is 3. The van der Waals surface area contributed by atoms with Crippen molar-refractivity contribution in [3.05, 3.63) is 54.6 Å². The van der Waals surface area contributed by atoms with Crippen LogP contribution in [0.2, 0.25) is 0 Å². The second-order valence-electron chi connectivity index (χ2n) is 4.79. The average Bonchev–Trinajstić information content (AvgIpc) is 2.54. The van der Waals surface area contributed by atoms with Gasteiger partial charge in [-0.3, -0.25) is 0 Å². The lowest BCUT2D eigenvalue weighted by Gasteiger charge is -2.12. The molecular weight excluding hydrogens is 262 g/mol. The van der Waals surface area contributed by atoms with Gasteiger partial charge in [0.2, 0.25) is 0 Å². The zero-order valence-electron chi connectivity index (χ0n) is 12.5. The molecule has 2 aromatic carbocycles. The van der Waals surface area contributed by atoms with Crippen molar-refractivity contribution < 1.29 is 9.47 Å². The molecule has 0 saturated heterocycles. The van der Waals surface area contributed by atoms with Crippen LogP contribution in [-0.4, -0.2) is 19.8 Å². The third-order valence-corrected chi connectivity index (χ3v) is 2.99. The van der Waals surface area contributed by atoms with Gasteiger partial charge in [0, 0.05) is 12.2 Å². The fourth-order valence-electron chi connectivity index (χ4n) is 1.94. The Labute approximate surface area is 126 Å². The first-order chi connectivity index (χ1) is 10.4. The SMILES string of the molecule is CCCOc1ccccc1OCCCNc1ccccc1.